The summed E-state index contributed by atoms with van der Waals surface area (Å²) < 4.78 is 5.90. The molecule has 2 unspecified atom stereocenters. The molecule has 1 N–H and O–H groups in total. The van der Waals surface area contributed by atoms with Crippen LogP contribution in [0.25, 0.3) is 0 Å². The predicted molar refractivity (Wildman–Crippen MR) is 99.6 cm³/mol. The zero-order valence-corrected chi connectivity index (χ0v) is 14.3. The van der Waals surface area contributed by atoms with Crippen LogP contribution in [0.1, 0.15) is 23.1 Å². The first kappa shape index (κ1) is 17.2. The minimum absolute atomic E-state index is 0.435. The molecule has 0 saturated heterocycles. The van der Waals surface area contributed by atoms with Crippen molar-refractivity contribution in [3.05, 3.63) is 108 Å². The molecule has 0 bridgehead atoms. The van der Waals surface area contributed by atoms with Gasteiger partial charge in [-0.05, 0) is 35.4 Å². The third-order valence-electron chi connectivity index (χ3n) is 3.89. The second-order valence-corrected chi connectivity index (χ2v) is 6.08. The van der Waals surface area contributed by atoms with Crippen molar-refractivity contribution in [1.29, 1.82) is 0 Å². The molecule has 0 amide bonds. The molecule has 0 aliphatic heterocycles. The van der Waals surface area contributed by atoms with Crippen molar-refractivity contribution in [2.75, 3.05) is 0 Å². The van der Waals surface area contributed by atoms with E-state index in [0.717, 1.165) is 5.56 Å². The van der Waals surface area contributed by atoms with Crippen molar-refractivity contribution in [3.8, 4) is 5.75 Å². The van der Waals surface area contributed by atoms with Crippen LogP contribution in [0.4, 0.5) is 0 Å². The van der Waals surface area contributed by atoms with Gasteiger partial charge in [-0.1, -0.05) is 60.6 Å². The van der Waals surface area contributed by atoms with E-state index in [1.165, 1.54) is 0 Å². The molecule has 1 aromatic heterocycles. The maximum atomic E-state index is 10.9. The summed E-state index contributed by atoms with van der Waals surface area (Å²) in [6.45, 7) is 4.06. The van der Waals surface area contributed by atoms with Crippen molar-refractivity contribution < 1.29 is 9.84 Å². The molecule has 2 aromatic carbocycles. The molecule has 0 radical (unpaired) electrons. The van der Waals surface area contributed by atoms with Crippen molar-refractivity contribution in [1.82, 2.24) is 4.98 Å². The monoisotopic (exact) mass is 351 g/mol. The normalized spacial score (nSPS) is 13.0. The zero-order chi connectivity index (χ0) is 17.6. The highest BCUT2D eigenvalue weighted by atomic mass is 35.5. The summed E-state index contributed by atoms with van der Waals surface area (Å²) in [6.07, 6.45) is 2.49. The molecule has 4 heteroatoms. The number of ether oxygens (including phenoxy) is 1. The van der Waals surface area contributed by atoms with Crippen LogP contribution < -0.4 is 4.74 Å². The lowest BCUT2D eigenvalue weighted by Crippen LogP contribution is -2.16. The quantitative estimate of drug-likeness (QED) is 0.625. The van der Waals surface area contributed by atoms with E-state index in [1.807, 2.05) is 36.4 Å². The molecule has 0 spiro atoms. The zero-order valence-electron chi connectivity index (χ0n) is 13.5. The van der Waals surface area contributed by atoms with Gasteiger partial charge in [-0.2, -0.15) is 0 Å². The average molecular weight is 352 g/mol. The summed E-state index contributed by atoms with van der Waals surface area (Å²) in [4.78, 5) is 4.09. The number of rotatable bonds is 6. The van der Waals surface area contributed by atoms with Crippen molar-refractivity contribution in [2.24, 2.45) is 0 Å². The molecule has 3 nitrogen and oxygen atoms in total. The average Bonchev–Trinajstić information content (AvgIpc) is 2.63. The van der Waals surface area contributed by atoms with Gasteiger partial charge in [0.1, 0.15) is 11.5 Å². The van der Waals surface area contributed by atoms with E-state index in [9.17, 15) is 5.11 Å². The highest BCUT2D eigenvalue weighted by molar-refractivity contribution is 6.30. The Morgan fingerprint density at radius 1 is 1.00 bits per heavy atom. The summed E-state index contributed by atoms with van der Waals surface area (Å²) >= 11 is 6.02. The molecular formula is C21H18ClNO2. The number of nitrogens with zero attached hydrogens (tertiary/aromatic N) is 1. The fourth-order valence-electron chi connectivity index (χ4n) is 2.69. The number of halogens is 1. The van der Waals surface area contributed by atoms with Crippen molar-refractivity contribution >= 4 is 11.6 Å². The van der Waals surface area contributed by atoms with Gasteiger partial charge in [0.05, 0.1) is 12.0 Å². The first-order valence-corrected chi connectivity index (χ1v) is 8.28. The lowest BCUT2D eigenvalue weighted by Gasteiger charge is -2.25. The predicted octanol–water partition coefficient (Wildman–Crippen LogP) is 5.14. The fourth-order valence-corrected chi connectivity index (χ4v) is 2.87. The number of pyridine rings is 1. The number of aliphatic hydroxyl groups excluding tert-OH is 1. The second kappa shape index (κ2) is 7.97. The third-order valence-corrected chi connectivity index (χ3v) is 4.13. The minimum atomic E-state index is -0.831. The summed E-state index contributed by atoms with van der Waals surface area (Å²) in [6, 6.07) is 20.4. The Morgan fingerprint density at radius 2 is 1.76 bits per heavy atom. The Balaban J connectivity index is 1.92. The third kappa shape index (κ3) is 4.27. The molecular weight excluding hydrogens is 334 g/mol. The van der Waals surface area contributed by atoms with Gasteiger partial charge in [-0.25, -0.2) is 0 Å². The van der Waals surface area contributed by atoms with Gasteiger partial charge in [-0.15, -0.1) is 0 Å². The maximum absolute atomic E-state index is 10.9. The summed E-state index contributed by atoms with van der Waals surface area (Å²) in [5, 5.41) is 11.5. The Kier molecular flexibility index (Phi) is 5.49. The second-order valence-electron chi connectivity index (χ2n) is 5.65. The van der Waals surface area contributed by atoms with Crippen LogP contribution in [0, 0.1) is 0 Å². The van der Waals surface area contributed by atoms with Crippen LogP contribution in [0.15, 0.2) is 91.5 Å². The van der Waals surface area contributed by atoms with E-state index < -0.39 is 12.0 Å². The van der Waals surface area contributed by atoms with Gasteiger partial charge >= 0.3 is 0 Å². The van der Waals surface area contributed by atoms with E-state index in [4.69, 9.17) is 16.3 Å². The van der Waals surface area contributed by atoms with E-state index in [-0.39, 0.29) is 0 Å². The topological polar surface area (TPSA) is 42.4 Å². The van der Waals surface area contributed by atoms with Gasteiger partial charge in [0.25, 0.3) is 0 Å². The highest BCUT2D eigenvalue weighted by Gasteiger charge is 2.27. The van der Waals surface area contributed by atoms with Crippen LogP contribution in [0.2, 0.25) is 5.02 Å². The number of hydrogen-bond acceptors (Lipinski definition) is 3. The molecule has 0 fully saturated rings. The largest absolute Gasteiger partial charge is 0.462 e. The first-order valence-electron chi connectivity index (χ1n) is 7.90. The summed E-state index contributed by atoms with van der Waals surface area (Å²) in [5.41, 5.74) is 1.61. The van der Waals surface area contributed by atoms with Crippen molar-refractivity contribution in [3.63, 3.8) is 0 Å². The number of hydrogen-bond donors (Lipinski definition) is 1. The molecule has 0 saturated carbocycles. The standard InChI is InChI=1S/C21H18ClNO2/c1-15(25-19-11-5-10-18(22)13-19)20(16-7-3-2-4-8-16)21(24)17-9-6-12-23-14-17/h2-14,20-21,24H,1H2. The highest BCUT2D eigenvalue weighted by Crippen LogP contribution is 2.37. The molecule has 3 rings (SSSR count). The number of aliphatic hydroxyl groups is 1. The maximum Gasteiger partial charge on any atom is 0.128 e. The molecule has 2 atom stereocenters. The van der Waals surface area contributed by atoms with Crippen LogP contribution >= 0.6 is 11.6 Å². The summed E-state index contributed by atoms with van der Waals surface area (Å²) in [5.74, 6) is 0.575. The number of benzene rings is 2. The van der Waals surface area contributed by atoms with Crippen LogP contribution in [-0.2, 0) is 0 Å². The number of aromatic nitrogens is 1. The van der Waals surface area contributed by atoms with Crippen molar-refractivity contribution in [2.45, 2.75) is 12.0 Å². The van der Waals surface area contributed by atoms with E-state index >= 15 is 0 Å². The molecule has 0 aliphatic rings. The molecule has 3 aromatic rings. The Labute approximate surface area is 152 Å². The first-order chi connectivity index (χ1) is 12.1. The fraction of sp³-hybridized carbons (Fsp3) is 0.0952. The van der Waals surface area contributed by atoms with E-state index in [0.29, 0.717) is 22.1 Å². The van der Waals surface area contributed by atoms with Gasteiger partial charge < -0.3 is 9.84 Å². The Bertz CT molecular complexity index is 837. The lowest BCUT2D eigenvalue weighted by atomic mass is 9.88. The van der Waals surface area contributed by atoms with Crippen LogP contribution in [0.3, 0.4) is 0 Å². The Morgan fingerprint density at radius 3 is 2.44 bits per heavy atom. The SMILES string of the molecule is C=C(Oc1cccc(Cl)c1)C(c1ccccc1)C(O)c1cccnc1. The minimum Gasteiger partial charge on any atom is -0.462 e. The molecule has 25 heavy (non-hydrogen) atoms. The lowest BCUT2D eigenvalue weighted by molar-refractivity contribution is 0.140. The van der Waals surface area contributed by atoms with Gasteiger partial charge in [0.15, 0.2) is 0 Å². The van der Waals surface area contributed by atoms with E-state index in [1.54, 1.807) is 42.7 Å². The van der Waals surface area contributed by atoms with Gasteiger partial charge in [0.2, 0.25) is 0 Å². The Hall–Kier alpha value is -2.62. The molecule has 1 heterocycles. The van der Waals surface area contributed by atoms with Crippen LogP contribution in [-0.4, -0.2) is 10.1 Å². The van der Waals surface area contributed by atoms with Crippen LogP contribution in [0.5, 0.6) is 5.75 Å². The molecule has 0 aliphatic carbocycles. The van der Waals surface area contributed by atoms with Gasteiger partial charge in [0, 0.05) is 17.4 Å². The van der Waals surface area contributed by atoms with E-state index in [2.05, 4.69) is 11.6 Å². The summed E-state index contributed by atoms with van der Waals surface area (Å²) in [7, 11) is 0. The van der Waals surface area contributed by atoms with Gasteiger partial charge in [-0.3, -0.25) is 4.98 Å². The molecule has 126 valence electrons. The smallest absolute Gasteiger partial charge is 0.128 e.